The van der Waals surface area contributed by atoms with Crippen molar-refractivity contribution in [2.24, 2.45) is 0 Å². The molecule has 2 atom stereocenters. The SMILES string of the molecule is C=CC(C)[S+]([O-])C(C)C=C. The van der Waals surface area contributed by atoms with E-state index in [-0.39, 0.29) is 10.5 Å². The molecule has 0 bridgehead atoms. The summed E-state index contributed by atoms with van der Waals surface area (Å²) in [7, 11) is 0. The standard InChI is InChI=1S/C8H14OS/c1-5-7(3)10(9)8(4)6-2/h5-8H,1-2H2,3-4H3. The van der Waals surface area contributed by atoms with Crippen LogP contribution >= 0.6 is 0 Å². The van der Waals surface area contributed by atoms with Gasteiger partial charge in [0.25, 0.3) is 0 Å². The Hall–Kier alpha value is -0.210. The Morgan fingerprint density at radius 2 is 1.50 bits per heavy atom. The van der Waals surface area contributed by atoms with E-state index in [1.807, 2.05) is 13.8 Å². The molecule has 0 N–H and O–H groups in total. The topological polar surface area (TPSA) is 23.1 Å². The smallest absolute Gasteiger partial charge is 0.131 e. The van der Waals surface area contributed by atoms with Crippen LogP contribution in [0.2, 0.25) is 0 Å². The Morgan fingerprint density at radius 3 is 1.70 bits per heavy atom. The summed E-state index contributed by atoms with van der Waals surface area (Å²) in [6.45, 7) is 10.9. The first-order valence-corrected chi connectivity index (χ1v) is 4.55. The zero-order valence-electron chi connectivity index (χ0n) is 6.54. The summed E-state index contributed by atoms with van der Waals surface area (Å²) in [4.78, 5) is 0. The Bertz CT molecular complexity index is 108. The van der Waals surface area contributed by atoms with Gasteiger partial charge in [-0.1, -0.05) is 13.2 Å². The first-order valence-electron chi connectivity index (χ1n) is 3.28. The fourth-order valence-electron chi connectivity index (χ4n) is 0.528. The van der Waals surface area contributed by atoms with Gasteiger partial charge in [0, 0.05) is 0 Å². The monoisotopic (exact) mass is 158 g/mol. The zero-order chi connectivity index (χ0) is 8.15. The normalized spacial score (nSPS) is 19.1. The highest BCUT2D eigenvalue weighted by Crippen LogP contribution is 2.10. The Labute approximate surface area is 66.0 Å². The molecular weight excluding hydrogens is 144 g/mol. The third-order valence-corrected chi connectivity index (χ3v) is 3.25. The average molecular weight is 158 g/mol. The molecule has 0 aliphatic heterocycles. The molecule has 1 nitrogen and oxygen atoms in total. The van der Waals surface area contributed by atoms with Crippen LogP contribution in [-0.4, -0.2) is 15.1 Å². The quantitative estimate of drug-likeness (QED) is 0.452. The molecule has 0 spiro atoms. The molecule has 0 aromatic carbocycles. The highest BCUT2D eigenvalue weighted by Gasteiger charge is 2.18. The summed E-state index contributed by atoms with van der Waals surface area (Å²) in [6.07, 6.45) is 3.41. The number of rotatable bonds is 4. The molecule has 0 aliphatic carbocycles. The molecule has 2 heteroatoms. The van der Waals surface area contributed by atoms with Gasteiger partial charge in [-0.25, -0.2) is 0 Å². The average Bonchev–Trinajstić information content (AvgIpc) is 2.00. The molecule has 0 aromatic heterocycles. The van der Waals surface area contributed by atoms with Crippen molar-refractivity contribution in [3.8, 4) is 0 Å². The second kappa shape index (κ2) is 4.58. The van der Waals surface area contributed by atoms with E-state index in [0.717, 1.165) is 0 Å². The molecule has 2 unspecified atom stereocenters. The van der Waals surface area contributed by atoms with Crippen LogP contribution < -0.4 is 0 Å². The fraction of sp³-hybridized carbons (Fsp3) is 0.500. The second-order valence-electron chi connectivity index (χ2n) is 2.21. The summed E-state index contributed by atoms with van der Waals surface area (Å²) in [6, 6.07) is 0. The van der Waals surface area contributed by atoms with Gasteiger partial charge in [-0.15, -0.1) is 0 Å². The Morgan fingerprint density at radius 1 is 1.20 bits per heavy atom. The molecule has 58 valence electrons. The van der Waals surface area contributed by atoms with Crippen LogP contribution in [0.5, 0.6) is 0 Å². The van der Waals surface area contributed by atoms with E-state index >= 15 is 0 Å². The molecular formula is C8H14OS. The largest absolute Gasteiger partial charge is 0.615 e. The predicted molar refractivity (Wildman–Crippen MR) is 47.5 cm³/mol. The van der Waals surface area contributed by atoms with Gasteiger partial charge in [-0.2, -0.15) is 0 Å². The van der Waals surface area contributed by atoms with Crippen LogP contribution in [0.4, 0.5) is 0 Å². The van der Waals surface area contributed by atoms with Gasteiger partial charge in [0.05, 0.1) is 0 Å². The maximum absolute atomic E-state index is 11.3. The maximum Gasteiger partial charge on any atom is 0.131 e. The predicted octanol–water partition coefficient (Wildman–Crippen LogP) is 1.88. The lowest BCUT2D eigenvalue weighted by molar-refractivity contribution is 0.585. The highest BCUT2D eigenvalue weighted by atomic mass is 32.2. The minimum absolute atomic E-state index is 0.0630. The maximum atomic E-state index is 11.3. The van der Waals surface area contributed by atoms with E-state index in [1.54, 1.807) is 12.2 Å². The van der Waals surface area contributed by atoms with E-state index < -0.39 is 11.2 Å². The van der Waals surface area contributed by atoms with Crippen LogP contribution in [0, 0.1) is 0 Å². The van der Waals surface area contributed by atoms with Crippen molar-refractivity contribution in [3.05, 3.63) is 25.3 Å². The van der Waals surface area contributed by atoms with Gasteiger partial charge >= 0.3 is 0 Å². The van der Waals surface area contributed by atoms with Crippen molar-refractivity contribution in [3.63, 3.8) is 0 Å². The fourth-order valence-corrected chi connectivity index (χ4v) is 1.58. The van der Waals surface area contributed by atoms with Crippen molar-refractivity contribution >= 4 is 11.2 Å². The third kappa shape index (κ3) is 2.58. The number of hydrogen-bond donors (Lipinski definition) is 0. The van der Waals surface area contributed by atoms with Gasteiger partial charge in [0.1, 0.15) is 10.5 Å². The van der Waals surface area contributed by atoms with E-state index in [4.69, 9.17) is 0 Å². The van der Waals surface area contributed by atoms with Crippen LogP contribution in [0.15, 0.2) is 25.3 Å². The molecule has 0 fully saturated rings. The van der Waals surface area contributed by atoms with E-state index in [9.17, 15) is 4.55 Å². The molecule has 0 saturated carbocycles. The first kappa shape index (κ1) is 9.79. The number of hydrogen-bond acceptors (Lipinski definition) is 1. The van der Waals surface area contributed by atoms with Crippen molar-refractivity contribution in [1.29, 1.82) is 0 Å². The van der Waals surface area contributed by atoms with Crippen LogP contribution in [0.3, 0.4) is 0 Å². The summed E-state index contributed by atoms with van der Waals surface area (Å²) in [5.74, 6) is 0. The molecule has 0 amide bonds. The van der Waals surface area contributed by atoms with Crippen molar-refractivity contribution in [2.45, 2.75) is 24.3 Å². The van der Waals surface area contributed by atoms with Gasteiger partial charge in [-0.3, -0.25) is 0 Å². The lowest BCUT2D eigenvalue weighted by atomic mass is 10.5. The lowest BCUT2D eigenvalue weighted by Gasteiger charge is -2.18. The van der Waals surface area contributed by atoms with Crippen LogP contribution in [-0.2, 0) is 11.2 Å². The summed E-state index contributed by atoms with van der Waals surface area (Å²) >= 11 is -0.846. The molecule has 0 rings (SSSR count). The van der Waals surface area contributed by atoms with Crippen LogP contribution in [0.1, 0.15) is 13.8 Å². The van der Waals surface area contributed by atoms with Crippen LogP contribution in [0.25, 0.3) is 0 Å². The van der Waals surface area contributed by atoms with E-state index in [1.165, 1.54) is 0 Å². The molecule has 0 aliphatic rings. The second-order valence-corrected chi connectivity index (χ2v) is 4.35. The van der Waals surface area contributed by atoms with E-state index in [0.29, 0.717) is 0 Å². The van der Waals surface area contributed by atoms with E-state index in [2.05, 4.69) is 13.2 Å². The van der Waals surface area contributed by atoms with Gasteiger partial charge in [0.2, 0.25) is 0 Å². The Kier molecular flexibility index (Phi) is 4.49. The summed E-state index contributed by atoms with van der Waals surface area (Å²) in [5, 5.41) is 0.126. The van der Waals surface area contributed by atoms with Crippen molar-refractivity contribution in [2.75, 3.05) is 0 Å². The zero-order valence-corrected chi connectivity index (χ0v) is 7.36. The molecule has 0 radical (unpaired) electrons. The minimum Gasteiger partial charge on any atom is -0.615 e. The molecule has 0 heterocycles. The summed E-state index contributed by atoms with van der Waals surface area (Å²) < 4.78 is 11.3. The van der Waals surface area contributed by atoms with Crippen molar-refractivity contribution in [1.82, 2.24) is 0 Å². The van der Waals surface area contributed by atoms with Crippen molar-refractivity contribution < 1.29 is 4.55 Å². The Balaban J connectivity index is 3.91. The highest BCUT2D eigenvalue weighted by molar-refractivity contribution is 7.92. The van der Waals surface area contributed by atoms with Gasteiger partial charge < -0.3 is 4.55 Å². The first-order chi connectivity index (χ1) is 4.63. The lowest BCUT2D eigenvalue weighted by Crippen LogP contribution is -2.24. The van der Waals surface area contributed by atoms with Gasteiger partial charge in [0.15, 0.2) is 0 Å². The third-order valence-electron chi connectivity index (χ3n) is 1.40. The summed E-state index contributed by atoms with van der Waals surface area (Å²) in [5.41, 5.74) is 0. The molecule has 10 heavy (non-hydrogen) atoms. The molecule has 0 saturated heterocycles. The minimum atomic E-state index is -0.846. The molecule has 0 aromatic rings. The van der Waals surface area contributed by atoms with Gasteiger partial charge in [-0.05, 0) is 37.2 Å².